The Morgan fingerprint density at radius 1 is 0.893 bits per heavy atom. The van der Waals surface area contributed by atoms with Gasteiger partial charge in [-0.05, 0) is 39.8 Å². The van der Waals surface area contributed by atoms with E-state index in [0.717, 1.165) is 22.2 Å². The highest BCUT2D eigenvalue weighted by Crippen LogP contribution is 2.22. The second kappa shape index (κ2) is 8.70. The summed E-state index contributed by atoms with van der Waals surface area (Å²) in [5.74, 6) is 0.486. The molecule has 0 unspecified atom stereocenters. The van der Waals surface area contributed by atoms with Crippen LogP contribution in [0.15, 0.2) is 66.7 Å². The third kappa shape index (κ3) is 4.58. The van der Waals surface area contributed by atoms with Gasteiger partial charge in [0.25, 0.3) is 0 Å². The summed E-state index contributed by atoms with van der Waals surface area (Å²) in [6.45, 7) is 7.94. The predicted octanol–water partition coefficient (Wildman–Crippen LogP) is 5.99. The number of rotatable bonds is 5. The molecule has 1 heterocycles. The lowest BCUT2D eigenvalue weighted by Crippen LogP contribution is -2.42. The molecule has 0 saturated heterocycles. The Morgan fingerprint density at radius 3 is 2.21 bits per heavy atom. The second-order valence-corrected chi connectivity index (χ2v) is 7.27. The fraction of sp³-hybridized carbons (Fsp3) is 0.250. The summed E-state index contributed by atoms with van der Waals surface area (Å²) >= 11 is 0. The summed E-state index contributed by atoms with van der Waals surface area (Å²) in [6, 6.07) is 21.6. The van der Waals surface area contributed by atoms with Crippen LogP contribution >= 0.6 is 0 Å². The number of ether oxygens (including phenoxy) is 1. The van der Waals surface area contributed by atoms with Gasteiger partial charge in [-0.1, -0.05) is 54.6 Å². The largest absolute Gasteiger partial charge is 0.415 e. The zero-order valence-electron chi connectivity index (χ0n) is 16.8. The van der Waals surface area contributed by atoms with Crippen LogP contribution in [-0.4, -0.2) is 28.1 Å². The molecular weight excluding hydrogens is 348 g/mol. The molecule has 0 saturated carbocycles. The molecule has 4 heteroatoms. The standard InChI is InChI=1S/C24H26N2O2/c1-17(2)26(18(3)4)24(27)28-23(20-11-6-5-7-12-20)16-21-15-14-19-10-8-9-13-22(19)25-21/h5-18H,1-4H3/b23-16+. The molecule has 1 aromatic heterocycles. The SMILES string of the molecule is CC(C)N(C(=O)O/C(=C/c1ccc2ccccc2n1)c1ccccc1)C(C)C. The molecule has 0 aliphatic carbocycles. The van der Waals surface area contributed by atoms with Crippen molar-refractivity contribution in [3.8, 4) is 0 Å². The van der Waals surface area contributed by atoms with Crippen molar-refractivity contribution in [3.05, 3.63) is 78.0 Å². The lowest BCUT2D eigenvalue weighted by Gasteiger charge is -2.30. The molecule has 144 valence electrons. The highest BCUT2D eigenvalue weighted by molar-refractivity contribution is 5.86. The van der Waals surface area contributed by atoms with Crippen LogP contribution in [-0.2, 0) is 4.74 Å². The van der Waals surface area contributed by atoms with Crippen LogP contribution in [0.1, 0.15) is 39.0 Å². The first-order valence-electron chi connectivity index (χ1n) is 9.59. The highest BCUT2D eigenvalue weighted by atomic mass is 16.6. The number of benzene rings is 2. The smallest absolute Gasteiger partial charge is 0.409 e. The molecule has 0 atom stereocenters. The van der Waals surface area contributed by atoms with Gasteiger partial charge >= 0.3 is 6.09 Å². The van der Waals surface area contributed by atoms with Crippen molar-refractivity contribution in [2.45, 2.75) is 39.8 Å². The van der Waals surface area contributed by atoms with Crippen LogP contribution in [0.5, 0.6) is 0 Å². The van der Waals surface area contributed by atoms with Crippen molar-refractivity contribution >= 4 is 28.8 Å². The number of pyridine rings is 1. The van der Waals surface area contributed by atoms with Crippen LogP contribution in [0.25, 0.3) is 22.7 Å². The Labute approximate surface area is 166 Å². The molecule has 0 radical (unpaired) electrons. The molecule has 0 fully saturated rings. The number of aromatic nitrogens is 1. The number of carbonyl (C=O) groups excluding carboxylic acids is 1. The van der Waals surface area contributed by atoms with Crippen molar-refractivity contribution < 1.29 is 9.53 Å². The van der Waals surface area contributed by atoms with Crippen molar-refractivity contribution in [2.75, 3.05) is 0 Å². The van der Waals surface area contributed by atoms with Gasteiger partial charge in [0.2, 0.25) is 0 Å². The fourth-order valence-corrected chi connectivity index (χ4v) is 3.24. The molecular formula is C24H26N2O2. The van der Waals surface area contributed by atoms with Gasteiger partial charge in [-0.2, -0.15) is 0 Å². The average molecular weight is 374 g/mol. The van der Waals surface area contributed by atoms with Gasteiger partial charge in [-0.15, -0.1) is 0 Å². The first-order valence-corrected chi connectivity index (χ1v) is 9.59. The van der Waals surface area contributed by atoms with Crippen molar-refractivity contribution in [1.29, 1.82) is 0 Å². The lowest BCUT2D eigenvalue weighted by atomic mass is 10.1. The topological polar surface area (TPSA) is 42.4 Å². The molecule has 0 aliphatic heterocycles. The van der Waals surface area contributed by atoms with Crippen LogP contribution in [0.2, 0.25) is 0 Å². The van der Waals surface area contributed by atoms with E-state index >= 15 is 0 Å². The summed E-state index contributed by atoms with van der Waals surface area (Å²) in [5.41, 5.74) is 2.48. The van der Waals surface area contributed by atoms with Crippen molar-refractivity contribution in [1.82, 2.24) is 9.88 Å². The van der Waals surface area contributed by atoms with Gasteiger partial charge in [0.1, 0.15) is 5.76 Å². The zero-order chi connectivity index (χ0) is 20.1. The second-order valence-electron chi connectivity index (χ2n) is 7.27. The lowest BCUT2D eigenvalue weighted by molar-refractivity contribution is 0.115. The molecule has 1 amide bonds. The molecule has 28 heavy (non-hydrogen) atoms. The van der Waals surface area contributed by atoms with Gasteiger partial charge in [-0.3, -0.25) is 0 Å². The number of hydrogen-bond acceptors (Lipinski definition) is 3. The van der Waals surface area contributed by atoms with Gasteiger partial charge in [0, 0.05) is 29.1 Å². The van der Waals surface area contributed by atoms with Gasteiger partial charge in [-0.25, -0.2) is 9.78 Å². The summed E-state index contributed by atoms with van der Waals surface area (Å²) < 4.78 is 5.85. The van der Waals surface area contributed by atoms with Gasteiger partial charge in [0.15, 0.2) is 0 Å². The van der Waals surface area contributed by atoms with E-state index in [2.05, 4.69) is 4.98 Å². The van der Waals surface area contributed by atoms with Crippen LogP contribution in [0.3, 0.4) is 0 Å². The fourth-order valence-electron chi connectivity index (χ4n) is 3.24. The Kier molecular flexibility index (Phi) is 6.09. The Hall–Kier alpha value is -3.14. The van der Waals surface area contributed by atoms with Gasteiger partial charge < -0.3 is 9.64 Å². The van der Waals surface area contributed by atoms with Crippen LogP contribution < -0.4 is 0 Å². The predicted molar refractivity (Wildman–Crippen MR) is 115 cm³/mol. The third-order valence-corrected chi connectivity index (χ3v) is 4.48. The van der Waals surface area contributed by atoms with Crippen molar-refractivity contribution in [3.63, 3.8) is 0 Å². The maximum atomic E-state index is 12.9. The van der Waals surface area contributed by atoms with E-state index < -0.39 is 0 Å². The van der Waals surface area contributed by atoms with E-state index in [1.807, 2.05) is 101 Å². The van der Waals surface area contributed by atoms with E-state index in [9.17, 15) is 4.79 Å². The maximum absolute atomic E-state index is 12.9. The van der Waals surface area contributed by atoms with E-state index in [1.54, 1.807) is 4.90 Å². The van der Waals surface area contributed by atoms with E-state index in [0.29, 0.717) is 5.76 Å². The summed E-state index contributed by atoms with van der Waals surface area (Å²) in [6.07, 6.45) is 1.46. The van der Waals surface area contributed by atoms with Crippen LogP contribution in [0.4, 0.5) is 4.79 Å². The van der Waals surface area contributed by atoms with E-state index in [1.165, 1.54) is 0 Å². The van der Waals surface area contributed by atoms with E-state index in [-0.39, 0.29) is 18.2 Å². The molecule has 0 spiro atoms. The maximum Gasteiger partial charge on any atom is 0.415 e. The third-order valence-electron chi connectivity index (χ3n) is 4.48. The molecule has 3 rings (SSSR count). The Balaban J connectivity index is 1.99. The first-order chi connectivity index (χ1) is 13.5. The number of fused-ring (bicyclic) bond motifs is 1. The minimum Gasteiger partial charge on any atom is -0.409 e. The quantitative estimate of drug-likeness (QED) is 0.515. The minimum absolute atomic E-state index is 0.0447. The van der Waals surface area contributed by atoms with Gasteiger partial charge in [0.05, 0.1) is 11.2 Å². The Bertz CT molecular complexity index is 970. The average Bonchev–Trinajstić information content (AvgIpc) is 2.67. The van der Waals surface area contributed by atoms with Crippen LogP contribution in [0, 0.1) is 0 Å². The monoisotopic (exact) mass is 374 g/mol. The van der Waals surface area contributed by atoms with E-state index in [4.69, 9.17) is 4.74 Å². The highest BCUT2D eigenvalue weighted by Gasteiger charge is 2.23. The molecule has 4 nitrogen and oxygen atoms in total. The number of amides is 1. The molecule has 0 aliphatic rings. The molecule has 3 aromatic rings. The number of hydrogen-bond donors (Lipinski definition) is 0. The van der Waals surface area contributed by atoms with Crippen molar-refractivity contribution in [2.24, 2.45) is 0 Å². The number of nitrogens with zero attached hydrogens (tertiary/aromatic N) is 2. The molecule has 2 aromatic carbocycles. The normalized spacial score (nSPS) is 11.9. The summed E-state index contributed by atoms with van der Waals surface area (Å²) in [7, 11) is 0. The zero-order valence-corrected chi connectivity index (χ0v) is 16.8. The summed E-state index contributed by atoms with van der Waals surface area (Å²) in [4.78, 5) is 19.3. The minimum atomic E-state index is -0.360. The number of carbonyl (C=O) groups is 1. The molecule has 0 N–H and O–H groups in total. The number of para-hydroxylation sites is 1. The summed E-state index contributed by atoms with van der Waals surface area (Å²) in [5, 5.41) is 1.07. The Morgan fingerprint density at radius 2 is 1.54 bits per heavy atom. The first kappa shape index (κ1) is 19.6. The molecule has 0 bridgehead atoms.